The fourth-order valence-corrected chi connectivity index (χ4v) is 2.49. The molecule has 2 rings (SSSR count). The molecule has 0 spiro atoms. The summed E-state index contributed by atoms with van der Waals surface area (Å²) >= 11 is 1.64. The Morgan fingerprint density at radius 1 is 1.47 bits per heavy atom. The number of primary amides is 1. The second kappa shape index (κ2) is 5.27. The maximum atomic E-state index is 11.0. The number of benzene rings is 1. The molecule has 0 saturated carbocycles. The molecular weight excluding hydrogens is 260 g/mol. The van der Waals surface area contributed by atoms with Crippen LogP contribution in [-0.2, 0) is 0 Å². The van der Waals surface area contributed by atoms with Gasteiger partial charge in [-0.3, -0.25) is 4.79 Å². The molecule has 2 aromatic rings. The molecule has 19 heavy (non-hydrogen) atoms. The van der Waals surface area contributed by atoms with Crippen LogP contribution in [-0.4, -0.2) is 10.9 Å². The quantitative estimate of drug-likeness (QED) is 0.747. The third-order valence-electron chi connectivity index (χ3n) is 2.72. The van der Waals surface area contributed by atoms with Gasteiger partial charge in [-0.05, 0) is 32.0 Å². The van der Waals surface area contributed by atoms with E-state index in [1.54, 1.807) is 29.5 Å². The first-order valence-corrected chi connectivity index (χ1v) is 6.67. The number of thiazole rings is 1. The Morgan fingerprint density at radius 2 is 2.21 bits per heavy atom. The van der Waals surface area contributed by atoms with E-state index in [-0.39, 0.29) is 6.04 Å². The van der Waals surface area contributed by atoms with Crippen LogP contribution in [0.2, 0.25) is 0 Å². The number of rotatable bonds is 4. The van der Waals surface area contributed by atoms with Gasteiger partial charge in [0.15, 0.2) is 0 Å². The summed E-state index contributed by atoms with van der Waals surface area (Å²) in [6.07, 6.45) is 1.84. The zero-order valence-electron chi connectivity index (χ0n) is 10.8. The topological polar surface area (TPSA) is 94.0 Å². The lowest BCUT2D eigenvalue weighted by Crippen LogP contribution is -2.13. The van der Waals surface area contributed by atoms with E-state index in [4.69, 9.17) is 11.5 Å². The molecule has 5 N–H and O–H groups in total. The number of nitrogen functional groups attached to an aromatic ring is 1. The number of nitrogens with zero attached hydrogens (tertiary/aromatic N) is 1. The van der Waals surface area contributed by atoms with E-state index >= 15 is 0 Å². The van der Waals surface area contributed by atoms with Gasteiger partial charge in [-0.25, -0.2) is 4.98 Å². The second-order valence-electron chi connectivity index (χ2n) is 4.34. The van der Waals surface area contributed by atoms with Crippen molar-refractivity contribution in [2.24, 2.45) is 5.73 Å². The molecule has 0 aliphatic heterocycles. The van der Waals surface area contributed by atoms with Crippen LogP contribution in [0, 0.1) is 6.92 Å². The molecule has 1 aromatic carbocycles. The van der Waals surface area contributed by atoms with E-state index in [9.17, 15) is 4.79 Å². The predicted octanol–water partition coefficient (Wildman–Crippen LogP) is 2.31. The van der Waals surface area contributed by atoms with Crippen LogP contribution < -0.4 is 16.8 Å². The van der Waals surface area contributed by atoms with Gasteiger partial charge in [0, 0.05) is 16.6 Å². The fourth-order valence-electron chi connectivity index (χ4n) is 1.71. The van der Waals surface area contributed by atoms with Crippen molar-refractivity contribution in [1.82, 2.24) is 4.98 Å². The molecule has 0 saturated heterocycles. The molecule has 0 radical (unpaired) electrons. The van der Waals surface area contributed by atoms with Gasteiger partial charge >= 0.3 is 0 Å². The van der Waals surface area contributed by atoms with Crippen LogP contribution in [0.3, 0.4) is 0 Å². The average molecular weight is 276 g/mol. The largest absolute Gasteiger partial charge is 0.397 e. The first-order chi connectivity index (χ1) is 8.97. The SMILES string of the molecule is Cc1cnc(C(C)Nc2ccc(C(N)=O)cc2N)s1. The average Bonchev–Trinajstić information content (AvgIpc) is 2.78. The lowest BCUT2D eigenvalue weighted by molar-refractivity contribution is 0.100. The molecule has 0 aliphatic rings. The van der Waals surface area contributed by atoms with Gasteiger partial charge in [-0.15, -0.1) is 11.3 Å². The van der Waals surface area contributed by atoms with Gasteiger partial charge in [0.2, 0.25) is 5.91 Å². The van der Waals surface area contributed by atoms with Crippen molar-refractivity contribution in [2.45, 2.75) is 19.9 Å². The number of nitrogens with one attached hydrogen (secondary N) is 1. The molecule has 1 unspecified atom stereocenters. The van der Waals surface area contributed by atoms with Gasteiger partial charge in [0.25, 0.3) is 0 Å². The minimum atomic E-state index is -0.484. The van der Waals surface area contributed by atoms with Crippen molar-refractivity contribution >= 4 is 28.6 Å². The number of carbonyl (C=O) groups excluding carboxylic acids is 1. The highest BCUT2D eigenvalue weighted by Crippen LogP contribution is 2.27. The number of aromatic nitrogens is 1. The lowest BCUT2D eigenvalue weighted by Gasteiger charge is -2.15. The van der Waals surface area contributed by atoms with E-state index in [1.807, 2.05) is 20.0 Å². The van der Waals surface area contributed by atoms with Gasteiger partial charge in [-0.2, -0.15) is 0 Å². The molecule has 1 aromatic heterocycles. The smallest absolute Gasteiger partial charge is 0.248 e. The van der Waals surface area contributed by atoms with Crippen molar-refractivity contribution in [1.29, 1.82) is 0 Å². The Labute approximate surface area is 115 Å². The standard InChI is InChI=1S/C13H16N4OS/c1-7-6-16-13(19-7)8(2)17-11-4-3-9(12(15)18)5-10(11)14/h3-6,8,17H,14H2,1-2H3,(H2,15,18). The Morgan fingerprint density at radius 3 is 2.74 bits per heavy atom. The van der Waals surface area contributed by atoms with Crippen molar-refractivity contribution in [3.8, 4) is 0 Å². The van der Waals surface area contributed by atoms with Crippen molar-refractivity contribution < 1.29 is 4.79 Å². The summed E-state index contributed by atoms with van der Waals surface area (Å²) in [4.78, 5) is 16.5. The third-order valence-corrected chi connectivity index (χ3v) is 3.81. The molecular formula is C13H16N4OS. The number of aryl methyl sites for hydroxylation is 1. The number of amides is 1. The second-order valence-corrected chi connectivity index (χ2v) is 5.61. The van der Waals surface area contributed by atoms with Gasteiger partial charge in [0.1, 0.15) is 5.01 Å². The van der Waals surface area contributed by atoms with Crippen molar-refractivity contribution in [3.05, 3.63) is 39.8 Å². The summed E-state index contributed by atoms with van der Waals surface area (Å²) in [5.41, 5.74) is 12.8. The molecule has 100 valence electrons. The number of hydrogen-bond donors (Lipinski definition) is 3. The van der Waals surface area contributed by atoms with Crippen LogP contribution in [0.25, 0.3) is 0 Å². The molecule has 5 nitrogen and oxygen atoms in total. The molecule has 1 heterocycles. The first kappa shape index (κ1) is 13.4. The van der Waals surface area contributed by atoms with Crippen LogP contribution in [0.1, 0.15) is 33.2 Å². The highest BCUT2D eigenvalue weighted by atomic mass is 32.1. The summed E-state index contributed by atoms with van der Waals surface area (Å²) < 4.78 is 0. The Balaban J connectivity index is 2.17. The van der Waals surface area contributed by atoms with E-state index < -0.39 is 5.91 Å². The van der Waals surface area contributed by atoms with Crippen LogP contribution in [0.15, 0.2) is 24.4 Å². The number of carbonyl (C=O) groups is 1. The van der Waals surface area contributed by atoms with Gasteiger partial charge < -0.3 is 16.8 Å². The molecule has 1 amide bonds. The normalized spacial score (nSPS) is 12.1. The summed E-state index contributed by atoms with van der Waals surface area (Å²) in [6.45, 7) is 4.03. The summed E-state index contributed by atoms with van der Waals surface area (Å²) in [5, 5.41) is 4.27. The number of anilines is 2. The molecule has 6 heteroatoms. The molecule has 1 atom stereocenters. The minimum Gasteiger partial charge on any atom is -0.397 e. The van der Waals surface area contributed by atoms with Crippen molar-refractivity contribution in [3.63, 3.8) is 0 Å². The minimum absolute atomic E-state index is 0.0560. The highest BCUT2D eigenvalue weighted by Gasteiger charge is 2.11. The zero-order valence-corrected chi connectivity index (χ0v) is 11.6. The fraction of sp³-hybridized carbons (Fsp3) is 0.231. The Kier molecular flexibility index (Phi) is 3.71. The van der Waals surface area contributed by atoms with Crippen LogP contribution in [0.5, 0.6) is 0 Å². The van der Waals surface area contributed by atoms with E-state index in [1.165, 1.54) is 4.88 Å². The van der Waals surface area contributed by atoms with Crippen LogP contribution in [0.4, 0.5) is 11.4 Å². The zero-order chi connectivity index (χ0) is 14.0. The maximum Gasteiger partial charge on any atom is 0.248 e. The maximum absolute atomic E-state index is 11.0. The number of hydrogen-bond acceptors (Lipinski definition) is 5. The lowest BCUT2D eigenvalue weighted by atomic mass is 10.1. The van der Waals surface area contributed by atoms with E-state index in [0.717, 1.165) is 10.7 Å². The number of nitrogens with two attached hydrogens (primary N) is 2. The Bertz CT molecular complexity index is 608. The monoisotopic (exact) mass is 276 g/mol. The predicted molar refractivity (Wildman–Crippen MR) is 78.3 cm³/mol. The van der Waals surface area contributed by atoms with Gasteiger partial charge in [-0.1, -0.05) is 0 Å². The molecule has 0 bridgehead atoms. The molecule has 0 aliphatic carbocycles. The highest BCUT2D eigenvalue weighted by molar-refractivity contribution is 7.11. The van der Waals surface area contributed by atoms with E-state index in [0.29, 0.717) is 11.3 Å². The third kappa shape index (κ3) is 3.03. The first-order valence-electron chi connectivity index (χ1n) is 5.85. The van der Waals surface area contributed by atoms with E-state index in [2.05, 4.69) is 10.3 Å². The van der Waals surface area contributed by atoms with Crippen molar-refractivity contribution in [2.75, 3.05) is 11.1 Å². The summed E-state index contributed by atoms with van der Waals surface area (Å²) in [5.74, 6) is -0.484. The van der Waals surface area contributed by atoms with Gasteiger partial charge in [0.05, 0.1) is 17.4 Å². The Hall–Kier alpha value is -2.08. The van der Waals surface area contributed by atoms with Crippen LogP contribution >= 0.6 is 11.3 Å². The summed E-state index contributed by atoms with van der Waals surface area (Å²) in [7, 11) is 0. The molecule has 0 fully saturated rings. The summed E-state index contributed by atoms with van der Waals surface area (Å²) in [6, 6.07) is 5.04.